The second kappa shape index (κ2) is 8.63. The standard InChI is InChI=1S/C32H27N3O2/c1-18(2)21-7-5-8-22(19(3)4)30(21)35-31(36)25-10-6-9-23-24(11-12-26(28(23)25)32(35)37)29-27-17-33-15-13-20(27)14-16-34-29/h5-19H,1-4H3. The summed E-state index contributed by atoms with van der Waals surface area (Å²) >= 11 is 0. The molecule has 182 valence electrons. The van der Waals surface area contributed by atoms with Crippen molar-refractivity contribution in [1.82, 2.24) is 9.97 Å². The Morgan fingerprint density at radius 2 is 1.30 bits per heavy atom. The SMILES string of the molecule is CC(C)c1cccc(C(C)C)c1N1C(=O)c2cccc3c(-c4nccc5ccncc45)ccc(c23)C1=O. The van der Waals surface area contributed by atoms with Crippen LogP contribution in [0.5, 0.6) is 0 Å². The van der Waals surface area contributed by atoms with E-state index >= 15 is 0 Å². The molecule has 0 saturated carbocycles. The Morgan fingerprint density at radius 3 is 2.00 bits per heavy atom. The Morgan fingerprint density at radius 1 is 0.676 bits per heavy atom. The van der Waals surface area contributed by atoms with Gasteiger partial charge in [0.15, 0.2) is 0 Å². The van der Waals surface area contributed by atoms with Gasteiger partial charge < -0.3 is 0 Å². The number of pyridine rings is 2. The van der Waals surface area contributed by atoms with Crippen molar-refractivity contribution in [2.75, 3.05) is 4.90 Å². The molecule has 1 aliphatic heterocycles. The molecule has 2 aromatic heterocycles. The number of anilines is 1. The number of hydrogen-bond donors (Lipinski definition) is 0. The van der Waals surface area contributed by atoms with Crippen LogP contribution in [0.1, 0.15) is 71.4 Å². The molecule has 1 aliphatic rings. The highest BCUT2D eigenvalue weighted by Gasteiger charge is 2.37. The molecule has 2 amide bonds. The monoisotopic (exact) mass is 485 g/mol. The number of para-hydroxylation sites is 1. The zero-order chi connectivity index (χ0) is 25.8. The van der Waals surface area contributed by atoms with E-state index in [1.807, 2.05) is 66.9 Å². The van der Waals surface area contributed by atoms with Crippen LogP contribution < -0.4 is 4.90 Å². The molecule has 0 saturated heterocycles. The van der Waals surface area contributed by atoms with Crippen LogP contribution in [-0.2, 0) is 0 Å². The van der Waals surface area contributed by atoms with Crippen LogP contribution in [0.15, 0.2) is 79.3 Å². The fourth-order valence-electron chi connectivity index (χ4n) is 5.50. The normalized spacial score (nSPS) is 13.4. The number of amides is 2. The Kier molecular flexibility index (Phi) is 5.37. The third-order valence-corrected chi connectivity index (χ3v) is 7.30. The van der Waals surface area contributed by atoms with Crippen LogP contribution >= 0.6 is 0 Å². The predicted molar refractivity (Wildman–Crippen MR) is 148 cm³/mol. The van der Waals surface area contributed by atoms with Crippen molar-refractivity contribution in [1.29, 1.82) is 0 Å². The summed E-state index contributed by atoms with van der Waals surface area (Å²) in [5.74, 6) is -0.273. The number of benzene rings is 3. The maximum absolute atomic E-state index is 14.1. The molecule has 5 heteroatoms. The first-order valence-corrected chi connectivity index (χ1v) is 12.6. The molecule has 0 aliphatic carbocycles. The molecule has 5 nitrogen and oxygen atoms in total. The zero-order valence-electron chi connectivity index (χ0n) is 21.3. The zero-order valence-corrected chi connectivity index (χ0v) is 21.3. The minimum Gasteiger partial charge on any atom is -0.268 e. The fourth-order valence-corrected chi connectivity index (χ4v) is 5.50. The molecule has 0 radical (unpaired) electrons. The molecule has 0 N–H and O–H groups in total. The summed E-state index contributed by atoms with van der Waals surface area (Å²) in [7, 11) is 0. The first kappa shape index (κ1) is 23.0. The lowest BCUT2D eigenvalue weighted by atomic mass is 9.87. The largest absolute Gasteiger partial charge is 0.268 e. The Bertz CT molecular complexity index is 1680. The molecule has 0 unspecified atom stereocenters. The van der Waals surface area contributed by atoms with Gasteiger partial charge in [-0.2, -0.15) is 0 Å². The minimum atomic E-state index is -0.289. The lowest BCUT2D eigenvalue weighted by Gasteiger charge is -2.32. The van der Waals surface area contributed by atoms with Crippen molar-refractivity contribution in [2.45, 2.75) is 39.5 Å². The maximum atomic E-state index is 14.1. The molecular weight excluding hydrogens is 458 g/mol. The highest BCUT2D eigenvalue weighted by atomic mass is 16.2. The van der Waals surface area contributed by atoms with Gasteiger partial charge in [-0.3, -0.25) is 19.6 Å². The summed E-state index contributed by atoms with van der Waals surface area (Å²) in [6, 6.07) is 19.4. The molecule has 37 heavy (non-hydrogen) atoms. The van der Waals surface area contributed by atoms with E-state index in [1.54, 1.807) is 12.4 Å². The molecule has 3 aromatic carbocycles. The lowest BCUT2D eigenvalue weighted by molar-refractivity contribution is 0.0893. The molecular formula is C32H27N3O2. The van der Waals surface area contributed by atoms with Gasteiger partial charge in [0.05, 0.1) is 11.4 Å². The number of carbonyl (C=O) groups excluding carboxylic acids is 2. The van der Waals surface area contributed by atoms with Gasteiger partial charge in [0, 0.05) is 46.1 Å². The van der Waals surface area contributed by atoms with Crippen molar-refractivity contribution < 1.29 is 9.59 Å². The molecule has 3 heterocycles. The van der Waals surface area contributed by atoms with Crippen LogP contribution in [0, 0.1) is 0 Å². The molecule has 0 fully saturated rings. The minimum absolute atomic E-state index is 0.153. The van der Waals surface area contributed by atoms with Crippen molar-refractivity contribution in [3.63, 3.8) is 0 Å². The first-order chi connectivity index (χ1) is 17.9. The fraction of sp³-hybridized carbons (Fsp3) is 0.188. The van der Waals surface area contributed by atoms with Gasteiger partial charge in [-0.25, -0.2) is 4.90 Å². The lowest BCUT2D eigenvalue weighted by Crippen LogP contribution is -2.41. The summed E-state index contributed by atoms with van der Waals surface area (Å²) in [4.78, 5) is 38.6. The van der Waals surface area contributed by atoms with Crippen LogP contribution in [0.4, 0.5) is 5.69 Å². The van der Waals surface area contributed by atoms with E-state index in [0.29, 0.717) is 16.5 Å². The van der Waals surface area contributed by atoms with E-state index in [4.69, 9.17) is 0 Å². The van der Waals surface area contributed by atoms with Crippen LogP contribution in [-0.4, -0.2) is 21.8 Å². The number of carbonyl (C=O) groups is 2. The summed E-state index contributed by atoms with van der Waals surface area (Å²) in [5.41, 5.74) is 5.42. The average molecular weight is 486 g/mol. The van der Waals surface area contributed by atoms with Gasteiger partial charge in [-0.15, -0.1) is 0 Å². The highest BCUT2D eigenvalue weighted by molar-refractivity contribution is 6.37. The number of nitrogens with zero attached hydrogens (tertiary/aromatic N) is 3. The number of aromatic nitrogens is 2. The summed E-state index contributed by atoms with van der Waals surface area (Å²) in [5, 5.41) is 3.47. The predicted octanol–water partition coefficient (Wildman–Crippen LogP) is 7.50. The van der Waals surface area contributed by atoms with Crippen molar-refractivity contribution >= 4 is 39.0 Å². The van der Waals surface area contributed by atoms with Crippen LogP contribution in [0.3, 0.4) is 0 Å². The van der Waals surface area contributed by atoms with Gasteiger partial charge in [0.1, 0.15) is 0 Å². The van der Waals surface area contributed by atoms with E-state index in [2.05, 4.69) is 37.7 Å². The van der Waals surface area contributed by atoms with Crippen molar-refractivity contribution in [2.24, 2.45) is 0 Å². The first-order valence-electron chi connectivity index (χ1n) is 12.6. The van der Waals surface area contributed by atoms with Gasteiger partial charge in [0.25, 0.3) is 11.8 Å². The van der Waals surface area contributed by atoms with Crippen molar-refractivity contribution in [3.05, 3.63) is 102 Å². The molecule has 0 spiro atoms. The topological polar surface area (TPSA) is 63.2 Å². The second-order valence-corrected chi connectivity index (χ2v) is 10.2. The molecule has 0 atom stereocenters. The van der Waals surface area contributed by atoms with Crippen molar-refractivity contribution in [3.8, 4) is 11.3 Å². The van der Waals surface area contributed by atoms with Crippen LogP contribution in [0.25, 0.3) is 32.8 Å². The smallest absolute Gasteiger partial charge is 0.266 e. The van der Waals surface area contributed by atoms with E-state index in [0.717, 1.165) is 44.2 Å². The van der Waals surface area contributed by atoms with E-state index in [9.17, 15) is 9.59 Å². The maximum Gasteiger partial charge on any atom is 0.266 e. The third-order valence-electron chi connectivity index (χ3n) is 7.30. The molecule has 6 rings (SSSR count). The highest BCUT2D eigenvalue weighted by Crippen LogP contribution is 2.42. The number of rotatable bonds is 4. The summed E-state index contributed by atoms with van der Waals surface area (Å²) in [6.07, 6.45) is 5.35. The van der Waals surface area contributed by atoms with Gasteiger partial charge >= 0.3 is 0 Å². The number of hydrogen-bond acceptors (Lipinski definition) is 4. The Hall–Kier alpha value is -4.38. The summed E-state index contributed by atoms with van der Waals surface area (Å²) < 4.78 is 0. The number of imide groups is 1. The second-order valence-electron chi connectivity index (χ2n) is 10.2. The van der Waals surface area contributed by atoms with E-state index < -0.39 is 0 Å². The van der Waals surface area contributed by atoms with E-state index in [-0.39, 0.29) is 23.7 Å². The third kappa shape index (κ3) is 3.45. The number of fused-ring (bicyclic) bond motifs is 1. The van der Waals surface area contributed by atoms with Gasteiger partial charge in [-0.1, -0.05) is 64.1 Å². The van der Waals surface area contributed by atoms with Gasteiger partial charge in [-0.05, 0) is 58.0 Å². The Balaban J connectivity index is 1.61. The average Bonchev–Trinajstić information content (AvgIpc) is 2.91. The Labute approximate surface area is 215 Å². The summed E-state index contributed by atoms with van der Waals surface area (Å²) in [6.45, 7) is 8.37. The van der Waals surface area contributed by atoms with Crippen LogP contribution in [0.2, 0.25) is 0 Å². The molecule has 5 aromatic rings. The molecule has 0 bridgehead atoms. The quantitative estimate of drug-likeness (QED) is 0.247. The van der Waals surface area contributed by atoms with Gasteiger partial charge in [0.2, 0.25) is 0 Å². The van der Waals surface area contributed by atoms with E-state index in [1.165, 1.54) is 4.90 Å².